The molecule has 0 radical (unpaired) electrons. The Morgan fingerprint density at radius 1 is 1.00 bits per heavy atom. The lowest BCUT2D eigenvalue weighted by Crippen LogP contribution is -2.10. The van der Waals surface area contributed by atoms with Crippen LogP contribution in [-0.2, 0) is 9.53 Å². The van der Waals surface area contributed by atoms with E-state index in [1.54, 1.807) is 7.05 Å². The SMILES string of the molecule is CCCCCCCCCCOC(=O)CC(C)=NC. The molecule has 18 heavy (non-hydrogen) atoms. The van der Waals surface area contributed by atoms with Crippen molar-refractivity contribution in [2.45, 2.75) is 71.6 Å². The number of carbonyl (C=O) groups excluding carboxylic acids is 1. The molecule has 0 aromatic heterocycles. The van der Waals surface area contributed by atoms with Gasteiger partial charge in [0.25, 0.3) is 0 Å². The van der Waals surface area contributed by atoms with Gasteiger partial charge in [-0.05, 0) is 13.3 Å². The fourth-order valence-electron chi connectivity index (χ4n) is 1.76. The third kappa shape index (κ3) is 11.6. The van der Waals surface area contributed by atoms with Crippen LogP contribution in [0.4, 0.5) is 0 Å². The smallest absolute Gasteiger partial charge is 0.311 e. The summed E-state index contributed by atoms with van der Waals surface area (Å²) in [5, 5.41) is 0. The van der Waals surface area contributed by atoms with Crippen LogP contribution in [-0.4, -0.2) is 25.3 Å². The van der Waals surface area contributed by atoms with Crippen LogP contribution in [0.3, 0.4) is 0 Å². The number of carbonyl (C=O) groups is 1. The van der Waals surface area contributed by atoms with Crippen molar-refractivity contribution in [1.82, 2.24) is 0 Å². The van der Waals surface area contributed by atoms with Crippen molar-refractivity contribution in [1.29, 1.82) is 0 Å². The Balaban J connectivity index is 3.22. The third-order valence-electron chi connectivity index (χ3n) is 3.04. The molecule has 0 saturated heterocycles. The van der Waals surface area contributed by atoms with E-state index in [1.165, 1.54) is 44.9 Å². The summed E-state index contributed by atoms with van der Waals surface area (Å²) in [6.45, 7) is 4.64. The number of esters is 1. The summed E-state index contributed by atoms with van der Waals surface area (Å²) in [7, 11) is 1.70. The maximum atomic E-state index is 11.3. The van der Waals surface area contributed by atoms with E-state index >= 15 is 0 Å². The number of rotatable bonds is 11. The zero-order valence-electron chi connectivity index (χ0n) is 12.3. The second kappa shape index (κ2) is 12.6. The van der Waals surface area contributed by atoms with E-state index in [0.717, 1.165) is 12.1 Å². The van der Waals surface area contributed by atoms with Gasteiger partial charge >= 0.3 is 5.97 Å². The van der Waals surface area contributed by atoms with Crippen LogP contribution in [0.2, 0.25) is 0 Å². The quantitative estimate of drug-likeness (QED) is 0.316. The molecule has 0 bridgehead atoms. The van der Waals surface area contributed by atoms with Crippen LogP contribution < -0.4 is 0 Å². The predicted octanol–water partition coefficient (Wildman–Crippen LogP) is 4.15. The molecule has 0 amide bonds. The van der Waals surface area contributed by atoms with Crippen molar-refractivity contribution in [3.63, 3.8) is 0 Å². The van der Waals surface area contributed by atoms with Crippen molar-refractivity contribution in [2.75, 3.05) is 13.7 Å². The summed E-state index contributed by atoms with van der Waals surface area (Å²) in [6.07, 6.45) is 10.4. The third-order valence-corrected chi connectivity index (χ3v) is 3.04. The Morgan fingerprint density at radius 3 is 2.11 bits per heavy atom. The molecular formula is C15H29NO2. The number of hydrogen-bond donors (Lipinski definition) is 0. The lowest BCUT2D eigenvalue weighted by Gasteiger charge is -2.04. The summed E-state index contributed by atoms with van der Waals surface area (Å²) < 4.78 is 5.14. The highest BCUT2D eigenvalue weighted by Crippen LogP contribution is 2.08. The minimum atomic E-state index is -0.152. The van der Waals surface area contributed by atoms with Gasteiger partial charge in [-0.25, -0.2) is 0 Å². The van der Waals surface area contributed by atoms with E-state index < -0.39 is 0 Å². The van der Waals surface area contributed by atoms with Crippen molar-refractivity contribution in [2.24, 2.45) is 4.99 Å². The molecule has 0 aliphatic heterocycles. The summed E-state index contributed by atoms with van der Waals surface area (Å²) in [5.74, 6) is -0.152. The minimum Gasteiger partial charge on any atom is -0.465 e. The molecule has 3 heteroatoms. The maximum Gasteiger partial charge on any atom is 0.311 e. The number of unbranched alkanes of at least 4 members (excludes halogenated alkanes) is 7. The van der Waals surface area contributed by atoms with Crippen molar-refractivity contribution in [3.05, 3.63) is 0 Å². The topological polar surface area (TPSA) is 38.7 Å². The molecule has 0 spiro atoms. The van der Waals surface area contributed by atoms with E-state index in [1.807, 2.05) is 6.92 Å². The molecular weight excluding hydrogens is 226 g/mol. The van der Waals surface area contributed by atoms with E-state index in [9.17, 15) is 4.79 Å². The molecule has 0 aliphatic carbocycles. The van der Waals surface area contributed by atoms with Gasteiger partial charge in [0.05, 0.1) is 13.0 Å². The summed E-state index contributed by atoms with van der Waals surface area (Å²) in [5.41, 5.74) is 0.830. The second-order valence-corrected chi connectivity index (χ2v) is 4.83. The molecule has 0 heterocycles. The fraction of sp³-hybridized carbons (Fsp3) is 0.867. The molecule has 0 aromatic rings. The summed E-state index contributed by atoms with van der Waals surface area (Å²) in [6, 6.07) is 0. The van der Waals surface area contributed by atoms with Gasteiger partial charge in [-0.2, -0.15) is 0 Å². The van der Waals surface area contributed by atoms with Crippen LogP contribution in [0.15, 0.2) is 4.99 Å². The van der Waals surface area contributed by atoms with E-state index in [4.69, 9.17) is 4.74 Å². The van der Waals surface area contributed by atoms with Crippen LogP contribution >= 0.6 is 0 Å². The Labute approximate surface area is 112 Å². The van der Waals surface area contributed by atoms with Gasteiger partial charge in [-0.1, -0.05) is 51.9 Å². The van der Waals surface area contributed by atoms with E-state index in [-0.39, 0.29) is 5.97 Å². The second-order valence-electron chi connectivity index (χ2n) is 4.83. The Morgan fingerprint density at radius 2 is 1.56 bits per heavy atom. The van der Waals surface area contributed by atoms with E-state index in [2.05, 4.69) is 11.9 Å². The molecule has 0 rings (SSSR count). The normalized spacial score (nSPS) is 11.6. The Kier molecular flexibility index (Phi) is 12.0. The maximum absolute atomic E-state index is 11.3. The Hall–Kier alpha value is -0.860. The van der Waals surface area contributed by atoms with Crippen LogP contribution in [0.1, 0.15) is 71.6 Å². The van der Waals surface area contributed by atoms with Gasteiger partial charge < -0.3 is 4.74 Å². The van der Waals surface area contributed by atoms with Gasteiger partial charge in [-0.15, -0.1) is 0 Å². The summed E-state index contributed by atoms with van der Waals surface area (Å²) in [4.78, 5) is 15.3. The number of aliphatic imine (C=N–C) groups is 1. The molecule has 0 fully saturated rings. The van der Waals surface area contributed by atoms with Crippen molar-refractivity contribution >= 4 is 11.7 Å². The van der Waals surface area contributed by atoms with Crippen LogP contribution in [0.25, 0.3) is 0 Å². The highest BCUT2D eigenvalue weighted by atomic mass is 16.5. The molecule has 106 valence electrons. The average molecular weight is 255 g/mol. The predicted molar refractivity (Wildman–Crippen MR) is 77.2 cm³/mol. The van der Waals surface area contributed by atoms with Crippen molar-refractivity contribution in [3.8, 4) is 0 Å². The first-order valence-electron chi connectivity index (χ1n) is 7.28. The Bertz CT molecular complexity index is 237. The van der Waals surface area contributed by atoms with Gasteiger partial charge in [-0.3, -0.25) is 9.79 Å². The standard InChI is InChI=1S/C15H29NO2/c1-4-5-6-7-8-9-10-11-12-18-15(17)13-14(2)16-3/h4-13H2,1-3H3. The zero-order valence-corrected chi connectivity index (χ0v) is 12.3. The van der Waals surface area contributed by atoms with Gasteiger partial charge in [0.2, 0.25) is 0 Å². The first-order valence-corrected chi connectivity index (χ1v) is 7.28. The molecule has 0 saturated carbocycles. The largest absolute Gasteiger partial charge is 0.465 e. The van der Waals surface area contributed by atoms with Gasteiger partial charge in [0, 0.05) is 12.8 Å². The molecule has 3 nitrogen and oxygen atoms in total. The first kappa shape index (κ1) is 17.1. The molecule has 0 aliphatic rings. The lowest BCUT2D eigenvalue weighted by atomic mass is 10.1. The molecule has 0 atom stereocenters. The number of hydrogen-bond acceptors (Lipinski definition) is 3. The highest BCUT2D eigenvalue weighted by Gasteiger charge is 2.03. The highest BCUT2D eigenvalue weighted by molar-refractivity contribution is 5.97. The average Bonchev–Trinajstić information content (AvgIpc) is 2.36. The zero-order chi connectivity index (χ0) is 13.6. The first-order chi connectivity index (χ1) is 8.70. The van der Waals surface area contributed by atoms with Gasteiger partial charge in [0.15, 0.2) is 0 Å². The monoisotopic (exact) mass is 255 g/mol. The number of ether oxygens (including phenoxy) is 1. The van der Waals surface area contributed by atoms with Crippen LogP contribution in [0, 0.1) is 0 Å². The number of nitrogens with zero attached hydrogens (tertiary/aromatic N) is 1. The van der Waals surface area contributed by atoms with E-state index in [0.29, 0.717) is 13.0 Å². The van der Waals surface area contributed by atoms with Crippen molar-refractivity contribution < 1.29 is 9.53 Å². The lowest BCUT2D eigenvalue weighted by molar-refractivity contribution is -0.142. The van der Waals surface area contributed by atoms with Crippen LogP contribution in [0.5, 0.6) is 0 Å². The fourth-order valence-corrected chi connectivity index (χ4v) is 1.76. The molecule has 0 aromatic carbocycles. The summed E-state index contributed by atoms with van der Waals surface area (Å²) >= 11 is 0. The van der Waals surface area contributed by atoms with Gasteiger partial charge in [0.1, 0.15) is 0 Å². The minimum absolute atomic E-state index is 0.152. The molecule has 0 N–H and O–H groups in total. The molecule has 0 unspecified atom stereocenters.